The third-order valence-electron chi connectivity index (χ3n) is 3.50. The van der Waals surface area contributed by atoms with E-state index >= 15 is 0 Å². The summed E-state index contributed by atoms with van der Waals surface area (Å²) < 4.78 is 11.9. The Bertz CT molecular complexity index is 809. The largest absolute Gasteiger partial charge is 0.454 e. The number of thiazole rings is 1. The Morgan fingerprint density at radius 2 is 2.05 bits per heavy atom. The number of nitrogens with one attached hydrogen (secondary N) is 1. The van der Waals surface area contributed by atoms with Gasteiger partial charge in [0.1, 0.15) is 6.54 Å². The van der Waals surface area contributed by atoms with E-state index in [0.717, 1.165) is 21.9 Å². The highest BCUT2D eigenvalue weighted by Gasteiger charge is 2.18. The van der Waals surface area contributed by atoms with Crippen molar-refractivity contribution in [1.29, 1.82) is 0 Å². The van der Waals surface area contributed by atoms with Gasteiger partial charge in [0.15, 0.2) is 11.5 Å². The topological polar surface area (TPSA) is 95.6 Å². The molecule has 1 aromatic carbocycles. The van der Waals surface area contributed by atoms with E-state index in [4.69, 9.17) is 15.2 Å². The number of hydrogen-bond acceptors (Lipinski definition) is 6. The second-order valence-electron chi connectivity index (χ2n) is 4.94. The summed E-state index contributed by atoms with van der Waals surface area (Å²) in [4.78, 5) is 24.7. The molecule has 0 saturated heterocycles. The van der Waals surface area contributed by atoms with Crippen LogP contribution in [0.5, 0.6) is 11.5 Å². The maximum absolute atomic E-state index is 12.2. The van der Waals surface area contributed by atoms with Crippen LogP contribution in [0.4, 0.5) is 11.4 Å². The summed E-state index contributed by atoms with van der Waals surface area (Å²) in [6, 6.07) is 3.22. The number of nitrogen functional groups attached to an aromatic ring is 1. The number of carbonyl (C=O) groups is 1. The van der Waals surface area contributed by atoms with E-state index in [1.54, 1.807) is 12.1 Å². The molecule has 0 radical (unpaired) electrons. The van der Waals surface area contributed by atoms with Crippen LogP contribution in [-0.2, 0) is 11.3 Å². The van der Waals surface area contributed by atoms with Gasteiger partial charge >= 0.3 is 4.87 Å². The molecule has 1 amide bonds. The molecule has 2 aromatic rings. The van der Waals surface area contributed by atoms with Crippen molar-refractivity contribution in [2.45, 2.75) is 20.4 Å². The first-order valence-electron chi connectivity index (χ1n) is 6.61. The molecular formula is C14H15N3O4S. The van der Waals surface area contributed by atoms with Crippen molar-refractivity contribution < 1.29 is 14.3 Å². The lowest BCUT2D eigenvalue weighted by Gasteiger charge is -2.10. The number of carbonyl (C=O) groups excluding carboxylic acids is 1. The van der Waals surface area contributed by atoms with Crippen molar-refractivity contribution in [3.05, 3.63) is 32.4 Å². The summed E-state index contributed by atoms with van der Waals surface area (Å²) in [5, 5.41) is 2.70. The molecule has 116 valence electrons. The number of ether oxygens (including phenoxy) is 2. The van der Waals surface area contributed by atoms with E-state index in [2.05, 4.69) is 5.32 Å². The predicted molar refractivity (Wildman–Crippen MR) is 83.7 cm³/mol. The van der Waals surface area contributed by atoms with Crippen LogP contribution in [0, 0.1) is 13.8 Å². The zero-order valence-electron chi connectivity index (χ0n) is 12.1. The number of aromatic nitrogens is 1. The summed E-state index contributed by atoms with van der Waals surface area (Å²) in [5.41, 5.74) is 7.49. The number of anilines is 2. The molecule has 22 heavy (non-hydrogen) atoms. The molecule has 0 bridgehead atoms. The van der Waals surface area contributed by atoms with E-state index in [1.165, 1.54) is 4.57 Å². The van der Waals surface area contributed by atoms with Gasteiger partial charge in [-0.1, -0.05) is 11.3 Å². The lowest BCUT2D eigenvalue weighted by atomic mass is 10.2. The Labute approximate surface area is 130 Å². The molecule has 0 fully saturated rings. The number of nitrogens with zero attached hydrogens (tertiary/aromatic N) is 1. The number of rotatable bonds is 3. The molecule has 0 atom stereocenters. The van der Waals surface area contributed by atoms with Crippen LogP contribution in [0.3, 0.4) is 0 Å². The maximum Gasteiger partial charge on any atom is 0.308 e. The van der Waals surface area contributed by atoms with Gasteiger partial charge in [-0.2, -0.15) is 0 Å². The molecule has 7 nitrogen and oxygen atoms in total. The molecule has 1 aliphatic rings. The van der Waals surface area contributed by atoms with Crippen molar-refractivity contribution in [3.63, 3.8) is 0 Å². The Kier molecular flexibility index (Phi) is 3.53. The van der Waals surface area contributed by atoms with Crippen LogP contribution in [0.25, 0.3) is 0 Å². The molecule has 8 heteroatoms. The summed E-state index contributed by atoms with van der Waals surface area (Å²) in [6.07, 6.45) is 0. The first-order chi connectivity index (χ1) is 10.5. The summed E-state index contributed by atoms with van der Waals surface area (Å²) in [5.74, 6) is 0.758. The van der Waals surface area contributed by atoms with E-state index < -0.39 is 0 Å². The molecule has 1 aromatic heterocycles. The van der Waals surface area contributed by atoms with Gasteiger partial charge in [-0.25, -0.2) is 0 Å². The minimum absolute atomic E-state index is 0.0527. The van der Waals surface area contributed by atoms with Gasteiger partial charge in [-0.3, -0.25) is 14.2 Å². The normalized spacial score (nSPS) is 12.5. The van der Waals surface area contributed by atoms with Crippen molar-refractivity contribution in [2.24, 2.45) is 0 Å². The van der Waals surface area contributed by atoms with Crippen LogP contribution in [0.2, 0.25) is 0 Å². The second-order valence-corrected chi connectivity index (χ2v) is 6.10. The monoisotopic (exact) mass is 321 g/mol. The number of hydrogen-bond donors (Lipinski definition) is 2. The summed E-state index contributed by atoms with van der Waals surface area (Å²) >= 11 is 1.13. The highest BCUT2D eigenvalue weighted by molar-refractivity contribution is 7.09. The smallest absolute Gasteiger partial charge is 0.308 e. The zero-order chi connectivity index (χ0) is 15.9. The molecule has 0 aliphatic carbocycles. The molecule has 1 aliphatic heterocycles. The lowest BCUT2D eigenvalue weighted by molar-refractivity contribution is -0.116. The minimum atomic E-state index is -0.325. The van der Waals surface area contributed by atoms with Crippen LogP contribution >= 0.6 is 11.3 Å². The Hall–Kier alpha value is -2.48. The van der Waals surface area contributed by atoms with Gasteiger partial charge in [-0.15, -0.1) is 0 Å². The molecule has 2 heterocycles. The van der Waals surface area contributed by atoms with E-state index in [9.17, 15) is 9.59 Å². The number of benzene rings is 1. The highest BCUT2D eigenvalue weighted by Crippen LogP contribution is 2.38. The molecule has 0 spiro atoms. The average Bonchev–Trinajstić information content (AvgIpc) is 2.99. The van der Waals surface area contributed by atoms with Gasteiger partial charge in [0.25, 0.3) is 0 Å². The fourth-order valence-electron chi connectivity index (χ4n) is 2.17. The molecule has 0 unspecified atom stereocenters. The van der Waals surface area contributed by atoms with Crippen molar-refractivity contribution in [3.8, 4) is 11.5 Å². The Balaban J connectivity index is 1.79. The second kappa shape index (κ2) is 5.38. The van der Waals surface area contributed by atoms with Gasteiger partial charge in [0, 0.05) is 22.7 Å². The summed E-state index contributed by atoms with van der Waals surface area (Å²) in [6.45, 7) is 3.75. The van der Waals surface area contributed by atoms with Crippen molar-refractivity contribution in [2.75, 3.05) is 17.8 Å². The Morgan fingerprint density at radius 1 is 1.36 bits per heavy atom. The first kappa shape index (κ1) is 14.5. The van der Waals surface area contributed by atoms with Gasteiger partial charge < -0.3 is 20.5 Å². The SMILES string of the molecule is Cc1sc(=O)n(CC(=O)Nc2cc3c(cc2N)OCO3)c1C. The average molecular weight is 321 g/mol. The summed E-state index contributed by atoms with van der Waals surface area (Å²) in [7, 11) is 0. The first-order valence-corrected chi connectivity index (χ1v) is 7.43. The third-order valence-corrected chi connectivity index (χ3v) is 4.49. The highest BCUT2D eigenvalue weighted by atomic mass is 32.1. The van der Waals surface area contributed by atoms with Gasteiger partial charge in [0.2, 0.25) is 12.7 Å². The minimum Gasteiger partial charge on any atom is -0.454 e. The number of nitrogens with two attached hydrogens (primary N) is 1. The number of amides is 1. The fourth-order valence-corrected chi connectivity index (χ4v) is 3.00. The quantitative estimate of drug-likeness (QED) is 0.835. The van der Waals surface area contributed by atoms with Gasteiger partial charge in [0.05, 0.1) is 11.4 Å². The van der Waals surface area contributed by atoms with Crippen LogP contribution < -0.4 is 25.4 Å². The van der Waals surface area contributed by atoms with Crippen molar-refractivity contribution in [1.82, 2.24) is 4.57 Å². The molecular weight excluding hydrogens is 306 g/mol. The van der Waals surface area contributed by atoms with E-state index in [-0.39, 0.29) is 24.1 Å². The van der Waals surface area contributed by atoms with Crippen molar-refractivity contribution >= 4 is 28.6 Å². The van der Waals surface area contributed by atoms with Crippen LogP contribution in [0.15, 0.2) is 16.9 Å². The van der Waals surface area contributed by atoms with Crippen LogP contribution in [0.1, 0.15) is 10.6 Å². The molecule has 3 rings (SSSR count). The third kappa shape index (κ3) is 2.52. The standard InChI is InChI=1S/C14H15N3O4S/c1-7-8(2)22-14(19)17(7)5-13(18)16-10-4-12-11(3-9(10)15)20-6-21-12/h3-4H,5-6,15H2,1-2H3,(H,16,18). The molecule has 0 saturated carbocycles. The zero-order valence-corrected chi connectivity index (χ0v) is 13.0. The molecule has 3 N–H and O–H groups in total. The number of aryl methyl sites for hydroxylation is 1. The fraction of sp³-hybridized carbons (Fsp3) is 0.286. The van der Waals surface area contributed by atoms with E-state index in [0.29, 0.717) is 22.9 Å². The maximum atomic E-state index is 12.2. The van der Waals surface area contributed by atoms with E-state index in [1.807, 2.05) is 13.8 Å². The predicted octanol–water partition coefficient (Wildman–Crippen LogP) is 1.48. The Morgan fingerprint density at radius 3 is 2.68 bits per heavy atom. The van der Waals surface area contributed by atoms with Gasteiger partial charge in [-0.05, 0) is 13.8 Å². The lowest BCUT2D eigenvalue weighted by Crippen LogP contribution is -2.25. The number of fused-ring (bicyclic) bond motifs is 1. The van der Waals surface area contributed by atoms with Crippen LogP contribution in [-0.4, -0.2) is 17.3 Å².